The fourth-order valence-corrected chi connectivity index (χ4v) is 1.95. The van der Waals surface area contributed by atoms with Gasteiger partial charge >= 0.3 is 5.95 Å². The summed E-state index contributed by atoms with van der Waals surface area (Å²) >= 11 is 0. The summed E-state index contributed by atoms with van der Waals surface area (Å²) in [6, 6.07) is 5.99. The number of para-hydroxylation sites is 1. The van der Waals surface area contributed by atoms with E-state index in [1.54, 1.807) is 6.21 Å². The van der Waals surface area contributed by atoms with E-state index in [2.05, 4.69) is 12.0 Å². The summed E-state index contributed by atoms with van der Waals surface area (Å²) in [5.41, 5.74) is 2.77. The van der Waals surface area contributed by atoms with Crippen LogP contribution in [0, 0.1) is 0 Å². The van der Waals surface area contributed by atoms with E-state index in [1.165, 1.54) is 0 Å². The molecule has 1 aliphatic rings. The fraction of sp³-hybridized carbons (Fsp3) is 0.250. The zero-order chi connectivity index (χ0) is 11.8. The Balaban J connectivity index is 2.20. The van der Waals surface area contributed by atoms with Crippen LogP contribution < -0.4 is 4.84 Å². The van der Waals surface area contributed by atoms with Gasteiger partial charge in [-0.25, -0.2) is 0 Å². The normalized spacial score (nSPS) is 13.9. The van der Waals surface area contributed by atoms with Crippen LogP contribution in [0.3, 0.4) is 0 Å². The van der Waals surface area contributed by atoms with E-state index in [0.29, 0.717) is 5.95 Å². The molecule has 88 valence electrons. The van der Waals surface area contributed by atoms with Gasteiger partial charge in [0.15, 0.2) is 6.73 Å². The molecule has 0 saturated heterocycles. The van der Waals surface area contributed by atoms with E-state index in [1.807, 2.05) is 18.2 Å². The number of hydrogen-bond donors (Lipinski definition) is 1. The lowest BCUT2D eigenvalue weighted by Crippen LogP contribution is -2.25. The number of aliphatic hydroxyl groups is 1. The lowest BCUT2D eigenvalue weighted by Gasteiger charge is -2.17. The Kier molecular flexibility index (Phi) is 2.26. The third-order valence-electron chi connectivity index (χ3n) is 2.81. The van der Waals surface area contributed by atoms with Gasteiger partial charge < -0.3 is 14.4 Å². The van der Waals surface area contributed by atoms with Gasteiger partial charge in [0.1, 0.15) is 5.58 Å². The molecule has 1 aromatic heterocycles. The highest BCUT2D eigenvalue weighted by Crippen LogP contribution is 2.34. The number of fused-ring (bicyclic) bond motifs is 3. The highest BCUT2D eigenvalue weighted by atomic mass is 16.8. The Hall–Kier alpha value is -2.01. The van der Waals surface area contributed by atoms with Crippen molar-refractivity contribution >= 4 is 17.2 Å². The number of nitrogens with zero attached hydrogens (tertiary/aromatic N) is 2. The molecule has 17 heavy (non-hydrogen) atoms. The highest BCUT2D eigenvalue weighted by Gasteiger charge is 2.21. The monoisotopic (exact) mass is 232 g/mol. The second-order valence-electron chi connectivity index (χ2n) is 3.78. The van der Waals surface area contributed by atoms with Gasteiger partial charge in [0, 0.05) is 5.39 Å². The molecule has 0 amide bonds. The first-order valence-electron chi connectivity index (χ1n) is 5.48. The predicted octanol–water partition coefficient (Wildman–Crippen LogP) is 1.89. The van der Waals surface area contributed by atoms with E-state index < -0.39 is 0 Å². The molecule has 0 aliphatic carbocycles. The standard InChI is InChI=1S/C12H12N2O3/c1-2-8-4-3-5-9-10-6-13-14(7-15)17-12(10)16-11(8)9/h3-6,15H,2,7H2,1H3. The lowest BCUT2D eigenvalue weighted by atomic mass is 10.1. The second-order valence-corrected chi connectivity index (χ2v) is 3.78. The molecular formula is C12H12N2O3. The van der Waals surface area contributed by atoms with Crippen molar-refractivity contribution in [1.82, 2.24) is 5.17 Å². The van der Waals surface area contributed by atoms with Crippen molar-refractivity contribution in [1.29, 1.82) is 0 Å². The number of aryl methyl sites for hydroxylation is 1. The molecule has 0 spiro atoms. The molecule has 0 unspecified atom stereocenters. The van der Waals surface area contributed by atoms with E-state index in [0.717, 1.165) is 33.7 Å². The summed E-state index contributed by atoms with van der Waals surface area (Å²) in [5.74, 6) is 0.380. The van der Waals surface area contributed by atoms with Gasteiger partial charge in [-0.1, -0.05) is 30.3 Å². The highest BCUT2D eigenvalue weighted by molar-refractivity contribution is 6.01. The summed E-state index contributed by atoms with van der Waals surface area (Å²) in [4.78, 5) is 5.28. The van der Waals surface area contributed by atoms with Gasteiger partial charge in [-0.05, 0) is 12.0 Å². The fourth-order valence-electron chi connectivity index (χ4n) is 1.95. The van der Waals surface area contributed by atoms with E-state index in [-0.39, 0.29) is 6.73 Å². The number of hydrazone groups is 1. The SMILES string of the molecule is CCc1cccc2c3c(oc12)ON(CO)N=C3. The number of rotatable bonds is 2. The molecule has 1 aromatic carbocycles. The average Bonchev–Trinajstić information content (AvgIpc) is 2.75. The van der Waals surface area contributed by atoms with E-state index in [4.69, 9.17) is 14.4 Å². The summed E-state index contributed by atoms with van der Waals surface area (Å²) in [7, 11) is 0. The molecule has 2 aromatic rings. The smallest absolute Gasteiger partial charge is 0.324 e. The third-order valence-corrected chi connectivity index (χ3v) is 2.81. The van der Waals surface area contributed by atoms with Gasteiger partial charge in [-0.2, -0.15) is 0 Å². The van der Waals surface area contributed by atoms with Crippen LogP contribution in [0.1, 0.15) is 18.1 Å². The Labute approximate surface area is 97.8 Å². The van der Waals surface area contributed by atoms with Crippen LogP contribution in [-0.4, -0.2) is 23.2 Å². The van der Waals surface area contributed by atoms with Crippen molar-refractivity contribution < 1.29 is 14.4 Å². The summed E-state index contributed by atoms with van der Waals surface area (Å²) in [5, 5.41) is 14.9. The van der Waals surface area contributed by atoms with Crippen LogP contribution in [0.4, 0.5) is 0 Å². The molecule has 0 atom stereocenters. The number of benzene rings is 1. The summed E-state index contributed by atoms with van der Waals surface area (Å²) in [6.07, 6.45) is 2.53. The minimum absolute atomic E-state index is 0.312. The zero-order valence-electron chi connectivity index (χ0n) is 9.38. The van der Waals surface area contributed by atoms with Crippen molar-refractivity contribution in [3.63, 3.8) is 0 Å². The third kappa shape index (κ3) is 1.47. The van der Waals surface area contributed by atoms with Crippen LogP contribution in [0.25, 0.3) is 11.0 Å². The number of hydroxylamine groups is 1. The minimum Gasteiger partial charge on any atom is -0.423 e. The van der Waals surface area contributed by atoms with Crippen LogP contribution in [-0.2, 0) is 6.42 Å². The minimum atomic E-state index is -0.312. The zero-order valence-corrected chi connectivity index (χ0v) is 9.38. The molecule has 0 radical (unpaired) electrons. The topological polar surface area (TPSA) is 58.2 Å². The molecule has 5 heteroatoms. The first-order chi connectivity index (χ1) is 8.33. The van der Waals surface area contributed by atoms with Crippen molar-refractivity contribution in [2.45, 2.75) is 13.3 Å². The maximum absolute atomic E-state index is 8.94. The van der Waals surface area contributed by atoms with Crippen molar-refractivity contribution in [3.8, 4) is 5.95 Å². The quantitative estimate of drug-likeness (QED) is 0.859. The Bertz CT molecular complexity index is 589. The number of aliphatic hydroxyl groups excluding tert-OH is 1. The molecule has 0 bridgehead atoms. The lowest BCUT2D eigenvalue weighted by molar-refractivity contribution is -0.128. The maximum atomic E-state index is 8.94. The average molecular weight is 232 g/mol. The van der Waals surface area contributed by atoms with Gasteiger partial charge in [-0.15, -0.1) is 5.10 Å². The van der Waals surface area contributed by atoms with Gasteiger partial charge in [0.05, 0.1) is 11.8 Å². The Morgan fingerprint density at radius 1 is 1.41 bits per heavy atom. The first-order valence-corrected chi connectivity index (χ1v) is 5.48. The van der Waals surface area contributed by atoms with Crippen molar-refractivity contribution in [3.05, 3.63) is 29.3 Å². The summed E-state index contributed by atoms with van der Waals surface area (Å²) in [6.45, 7) is 1.76. The molecule has 2 heterocycles. The van der Waals surface area contributed by atoms with Crippen LogP contribution >= 0.6 is 0 Å². The molecule has 3 rings (SSSR count). The van der Waals surface area contributed by atoms with Gasteiger partial charge in [-0.3, -0.25) is 0 Å². The first kappa shape index (κ1) is 10.2. The van der Waals surface area contributed by atoms with Crippen molar-refractivity contribution in [2.24, 2.45) is 5.10 Å². The molecule has 1 aliphatic heterocycles. The molecule has 5 nitrogen and oxygen atoms in total. The summed E-state index contributed by atoms with van der Waals surface area (Å²) < 4.78 is 5.68. The number of furan rings is 1. The van der Waals surface area contributed by atoms with Crippen LogP contribution in [0.5, 0.6) is 5.95 Å². The van der Waals surface area contributed by atoms with E-state index in [9.17, 15) is 0 Å². The Morgan fingerprint density at radius 3 is 3.06 bits per heavy atom. The number of hydrogen-bond acceptors (Lipinski definition) is 5. The largest absolute Gasteiger partial charge is 0.423 e. The predicted molar refractivity (Wildman–Crippen MR) is 62.7 cm³/mol. The second kappa shape index (κ2) is 3.78. The molecule has 0 fully saturated rings. The maximum Gasteiger partial charge on any atom is 0.324 e. The molecule has 0 saturated carbocycles. The molecular weight excluding hydrogens is 220 g/mol. The van der Waals surface area contributed by atoms with Gasteiger partial charge in [0.2, 0.25) is 0 Å². The molecule has 1 N–H and O–H groups in total. The van der Waals surface area contributed by atoms with Crippen molar-refractivity contribution in [2.75, 3.05) is 6.73 Å². The van der Waals surface area contributed by atoms with Crippen LogP contribution in [0.15, 0.2) is 27.7 Å². The van der Waals surface area contributed by atoms with Crippen LogP contribution in [0.2, 0.25) is 0 Å². The van der Waals surface area contributed by atoms with Gasteiger partial charge in [0.25, 0.3) is 0 Å². The Morgan fingerprint density at radius 2 is 2.29 bits per heavy atom. The van der Waals surface area contributed by atoms with E-state index >= 15 is 0 Å².